The highest BCUT2D eigenvalue weighted by atomic mass is 16.3. The second-order valence-corrected chi connectivity index (χ2v) is 4.99. The number of oxazole rings is 1. The van der Waals surface area contributed by atoms with Gasteiger partial charge in [0.25, 0.3) is 5.91 Å². The van der Waals surface area contributed by atoms with Gasteiger partial charge in [-0.05, 0) is 24.6 Å². The van der Waals surface area contributed by atoms with Crippen molar-refractivity contribution in [2.75, 3.05) is 31.1 Å². The Balaban J connectivity index is 1.64. The van der Waals surface area contributed by atoms with Crippen LogP contribution in [0.15, 0.2) is 41.3 Å². The van der Waals surface area contributed by atoms with E-state index in [1.807, 2.05) is 4.90 Å². The van der Waals surface area contributed by atoms with Crippen molar-refractivity contribution in [3.8, 4) is 0 Å². The summed E-state index contributed by atoms with van der Waals surface area (Å²) in [7, 11) is 0. The van der Waals surface area contributed by atoms with Gasteiger partial charge in [-0.3, -0.25) is 4.79 Å². The van der Waals surface area contributed by atoms with E-state index in [1.54, 1.807) is 0 Å². The van der Waals surface area contributed by atoms with Crippen molar-refractivity contribution >= 4 is 11.6 Å². The number of carbonyl (C=O) groups excluding carboxylic acids is 1. The predicted molar refractivity (Wildman–Crippen MR) is 75.8 cm³/mol. The molecule has 0 N–H and O–H groups in total. The summed E-state index contributed by atoms with van der Waals surface area (Å²) < 4.78 is 4.86. The second kappa shape index (κ2) is 5.36. The van der Waals surface area contributed by atoms with Gasteiger partial charge in [0.05, 0.1) is 0 Å². The molecule has 104 valence electrons. The van der Waals surface area contributed by atoms with Crippen molar-refractivity contribution in [3.63, 3.8) is 0 Å². The van der Waals surface area contributed by atoms with Crippen LogP contribution in [0.3, 0.4) is 0 Å². The van der Waals surface area contributed by atoms with Gasteiger partial charge < -0.3 is 14.2 Å². The maximum absolute atomic E-state index is 12.1. The molecule has 1 aromatic heterocycles. The topological polar surface area (TPSA) is 49.6 Å². The van der Waals surface area contributed by atoms with Gasteiger partial charge in [-0.25, -0.2) is 4.98 Å². The van der Waals surface area contributed by atoms with Crippen LogP contribution in [0, 0.1) is 6.92 Å². The summed E-state index contributed by atoms with van der Waals surface area (Å²) >= 11 is 0. The van der Waals surface area contributed by atoms with E-state index in [1.165, 1.54) is 23.9 Å². The molecule has 1 saturated heterocycles. The molecular formula is C15H17N3O2. The van der Waals surface area contributed by atoms with Gasteiger partial charge in [-0.15, -0.1) is 0 Å². The summed E-state index contributed by atoms with van der Waals surface area (Å²) in [5.74, 6) is -0.0531. The first-order valence-electron chi connectivity index (χ1n) is 6.73. The Morgan fingerprint density at radius 2 is 2.05 bits per heavy atom. The van der Waals surface area contributed by atoms with E-state index in [9.17, 15) is 4.79 Å². The van der Waals surface area contributed by atoms with Gasteiger partial charge in [-0.1, -0.05) is 12.1 Å². The van der Waals surface area contributed by atoms with Gasteiger partial charge >= 0.3 is 0 Å². The van der Waals surface area contributed by atoms with Gasteiger partial charge in [0.2, 0.25) is 0 Å². The van der Waals surface area contributed by atoms with Crippen LogP contribution in [-0.2, 0) is 0 Å². The molecule has 0 atom stereocenters. The molecule has 2 aromatic rings. The van der Waals surface area contributed by atoms with Crippen molar-refractivity contribution < 1.29 is 9.21 Å². The lowest BCUT2D eigenvalue weighted by atomic mass is 10.2. The molecule has 0 spiro atoms. The molecule has 1 fully saturated rings. The average molecular weight is 271 g/mol. The van der Waals surface area contributed by atoms with E-state index in [0.717, 1.165) is 13.1 Å². The Morgan fingerprint density at radius 3 is 2.70 bits per heavy atom. The van der Waals surface area contributed by atoms with E-state index in [0.29, 0.717) is 18.8 Å². The van der Waals surface area contributed by atoms with Crippen LogP contribution in [0.5, 0.6) is 0 Å². The van der Waals surface area contributed by atoms with E-state index in [4.69, 9.17) is 4.42 Å². The number of rotatable bonds is 2. The number of aromatic nitrogens is 1. The van der Waals surface area contributed by atoms with E-state index >= 15 is 0 Å². The quantitative estimate of drug-likeness (QED) is 0.837. The fraction of sp³-hybridized carbons (Fsp3) is 0.333. The molecule has 3 rings (SSSR count). The largest absolute Gasteiger partial charge is 0.451 e. The van der Waals surface area contributed by atoms with Crippen LogP contribution in [0.25, 0.3) is 0 Å². The van der Waals surface area contributed by atoms with E-state index < -0.39 is 0 Å². The molecule has 0 radical (unpaired) electrons. The van der Waals surface area contributed by atoms with Crippen LogP contribution < -0.4 is 4.90 Å². The van der Waals surface area contributed by atoms with Crippen LogP contribution >= 0.6 is 0 Å². The molecule has 1 aromatic carbocycles. The molecule has 1 aliphatic heterocycles. The Bertz CT molecular complexity index is 587. The van der Waals surface area contributed by atoms with Gasteiger partial charge in [0.1, 0.15) is 6.26 Å². The smallest absolute Gasteiger partial charge is 0.275 e. The van der Waals surface area contributed by atoms with Crippen LogP contribution in [0.4, 0.5) is 5.69 Å². The minimum Gasteiger partial charge on any atom is -0.451 e. The number of amides is 1. The van der Waals surface area contributed by atoms with Crippen LogP contribution in [-0.4, -0.2) is 42.0 Å². The minimum atomic E-state index is -0.0531. The van der Waals surface area contributed by atoms with Crippen molar-refractivity contribution in [1.82, 2.24) is 9.88 Å². The predicted octanol–water partition coefficient (Wildman–Crippen LogP) is 1.95. The third-order valence-electron chi connectivity index (χ3n) is 3.59. The molecule has 1 amide bonds. The zero-order valence-electron chi connectivity index (χ0n) is 11.5. The first-order chi connectivity index (χ1) is 9.74. The Hall–Kier alpha value is -2.30. The van der Waals surface area contributed by atoms with Crippen molar-refractivity contribution in [1.29, 1.82) is 0 Å². The molecule has 5 nitrogen and oxygen atoms in total. The lowest BCUT2D eigenvalue weighted by Crippen LogP contribution is -2.48. The Kier molecular flexibility index (Phi) is 3.41. The second-order valence-electron chi connectivity index (χ2n) is 4.99. The number of carbonyl (C=O) groups is 1. The summed E-state index contributed by atoms with van der Waals surface area (Å²) in [5, 5.41) is 0. The molecule has 1 aliphatic rings. The van der Waals surface area contributed by atoms with Gasteiger partial charge in [0.15, 0.2) is 12.1 Å². The molecule has 2 heterocycles. The number of hydrogen-bond acceptors (Lipinski definition) is 4. The lowest BCUT2D eigenvalue weighted by molar-refractivity contribution is 0.0741. The van der Waals surface area contributed by atoms with Crippen molar-refractivity contribution in [2.45, 2.75) is 6.92 Å². The zero-order chi connectivity index (χ0) is 13.9. The third kappa shape index (κ3) is 2.52. The molecule has 0 aliphatic carbocycles. The molecule has 0 unspecified atom stereocenters. The summed E-state index contributed by atoms with van der Waals surface area (Å²) in [6.07, 6.45) is 2.69. The standard InChI is InChI=1S/C15H17N3O2/c1-12-3-2-4-13(9-12)17-5-7-18(8-6-17)15(19)14-10-20-11-16-14/h2-4,9-11H,5-8H2,1H3. The SMILES string of the molecule is Cc1cccc(N2CCN(C(=O)c3cocn3)CC2)c1. The van der Waals surface area contributed by atoms with Crippen molar-refractivity contribution in [3.05, 3.63) is 48.2 Å². The molecule has 5 heteroatoms. The fourth-order valence-electron chi connectivity index (χ4n) is 2.47. The molecule has 0 bridgehead atoms. The van der Waals surface area contributed by atoms with Gasteiger partial charge in [0, 0.05) is 31.9 Å². The fourth-order valence-corrected chi connectivity index (χ4v) is 2.47. The first-order valence-corrected chi connectivity index (χ1v) is 6.73. The average Bonchev–Trinajstić information content (AvgIpc) is 3.01. The maximum Gasteiger partial charge on any atom is 0.275 e. The maximum atomic E-state index is 12.1. The number of benzene rings is 1. The van der Waals surface area contributed by atoms with Crippen molar-refractivity contribution in [2.24, 2.45) is 0 Å². The highest BCUT2D eigenvalue weighted by Crippen LogP contribution is 2.18. The lowest BCUT2D eigenvalue weighted by Gasteiger charge is -2.35. The Labute approximate surface area is 117 Å². The van der Waals surface area contributed by atoms with E-state index in [2.05, 4.69) is 41.1 Å². The summed E-state index contributed by atoms with van der Waals surface area (Å²) in [6.45, 7) is 5.19. The minimum absolute atomic E-state index is 0.0531. The number of anilines is 1. The van der Waals surface area contributed by atoms with E-state index in [-0.39, 0.29) is 5.91 Å². The number of aryl methyl sites for hydroxylation is 1. The highest BCUT2D eigenvalue weighted by Gasteiger charge is 2.23. The third-order valence-corrected chi connectivity index (χ3v) is 3.59. The normalized spacial score (nSPS) is 15.4. The molecule has 0 saturated carbocycles. The summed E-state index contributed by atoms with van der Waals surface area (Å²) in [6, 6.07) is 8.45. The highest BCUT2D eigenvalue weighted by molar-refractivity contribution is 5.92. The summed E-state index contributed by atoms with van der Waals surface area (Å²) in [5.41, 5.74) is 2.86. The number of nitrogens with zero attached hydrogens (tertiary/aromatic N) is 3. The number of piperazine rings is 1. The van der Waals surface area contributed by atoms with Crippen LogP contribution in [0.1, 0.15) is 16.1 Å². The zero-order valence-corrected chi connectivity index (χ0v) is 11.5. The van der Waals surface area contributed by atoms with Crippen LogP contribution in [0.2, 0.25) is 0 Å². The van der Waals surface area contributed by atoms with Gasteiger partial charge in [-0.2, -0.15) is 0 Å². The summed E-state index contributed by atoms with van der Waals surface area (Å²) in [4.78, 5) is 20.2. The Morgan fingerprint density at radius 1 is 1.25 bits per heavy atom. The monoisotopic (exact) mass is 271 g/mol. The first kappa shape index (κ1) is 12.7. The number of hydrogen-bond donors (Lipinski definition) is 0. The molecular weight excluding hydrogens is 254 g/mol. The molecule has 20 heavy (non-hydrogen) atoms.